The number of hydrazine groups is 1. The number of ether oxygens (including phenoxy) is 1. The van der Waals surface area contributed by atoms with Gasteiger partial charge < -0.3 is 4.74 Å². The van der Waals surface area contributed by atoms with Crippen molar-refractivity contribution < 1.29 is 4.74 Å². The molecule has 0 amide bonds. The van der Waals surface area contributed by atoms with Crippen LogP contribution in [-0.2, 0) is 0 Å². The standard InChI is InChI=1S/C22H18N4O/c1-3-7-18(8-4-1)25-26-22-15-21(23-16-24-22)17-11-13-20(14-12-17)27-19-9-5-2-6-10-19/h1-16,25H,(H,23,24,26). The fourth-order valence-electron chi connectivity index (χ4n) is 2.56. The van der Waals surface area contributed by atoms with Gasteiger partial charge in [0.25, 0.3) is 0 Å². The van der Waals surface area contributed by atoms with Crippen LogP contribution < -0.4 is 15.6 Å². The van der Waals surface area contributed by atoms with E-state index in [1.165, 1.54) is 0 Å². The Kier molecular flexibility index (Phi) is 4.93. The minimum absolute atomic E-state index is 0.688. The molecule has 0 aliphatic heterocycles. The first-order chi connectivity index (χ1) is 13.4. The smallest absolute Gasteiger partial charge is 0.148 e. The molecule has 4 aromatic rings. The summed E-state index contributed by atoms with van der Waals surface area (Å²) in [4.78, 5) is 8.60. The van der Waals surface area contributed by atoms with Gasteiger partial charge in [-0.15, -0.1) is 0 Å². The highest BCUT2D eigenvalue weighted by molar-refractivity contribution is 5.63. The fraction of sp³-hybridized carbons (Fsp3) is 0. The van der Waals surface area contributed by atoms with Gasteiger partial charge in [0.2, 0.25) is 0 Å². The van der Waals surface area contributed by atoms with Gasteiger partial charge in [0.05, 0.1) is 11.4 Å². The van der Waals surface area contributed by atoms with E-state index in [4.69, 9.17) is 4.74 Å². The Balaban J connectivity index is 1.45. The predicted octanol–water partition coefficient (Wildman–Crippen LogP) is 5.37. The van der Waals surface area contributed by atoms with E-state index in [1.54, 1.807) is 6.33 Å². The number of hydrogen-bond donors (Lipinski definition) is 2. The molecular weight excluding hydrogens is 336 g/mol. The second-order valence-corrected chi connectivity index (χ2v) is 5.84. The van der Waals surface area contributed by atoms with Gasteiger partial charge in [-0.3, -0.25) is 10.9 Å². The second kappa shape index (κ2) is 8.01. The molecule has 2 N–H and O–H groups in total. The molecule has 0 unspecified atom stereocenters. The molecular formula is C22H18N4O. The summed E-state index contributed by atoms with van der Waals surface area (Å²) in [6.45, 7) is 0. The van der Waals surface area contributed by atoms with Gasteiger partial charge in [-0.25, -0.2) is 9.97 Å². The number of para-hydroxylation sites is 2. The van der Waals surface area contributed by atoms with E-state index >= 15 is 0 Å². The van der Waals surface area contributed by atoms with Gasteiger partial charge in [-0.2, -0.15) is 0 Å². The Morgan fingerprint density at radius 2 is 1.30 bits per heavy atom. The summed E-state index contributed by atoms with van der Waals surface area (Å²) in [7, 11) is 0. The van der Waals surface area contributed by atoms with Crippen LogP contribution in [0.2, 0.25) is 0 Å². The van der Waals surface area contributed by atoms with Crippen LogP contribution in [0.3, 0.4) is 0 Å². The molecule has 1 aromatic heterocycles. The number of anilines is 2. The van der Waals surface area contributed by atoms with Crippen LogP contribution in [0.5, 0.6) is 11.5 Å². The monoisotopic (exact) mass is 354 g/mol. The van der Waals surface area contributed by atoms with Gasteiger partial charge in [0.1, 0.15) is 23.6 Å². The zero-order chi connectivity index (χ0) is 18.3. The van der Waals surface area contributed by atoms with Gasteiger partial charge in [-0.1, -0.05) is 36.4 Å². The van der Waals surface area contributed by atoms with E-state index in [0.717, 1.165) is 28.4 Å². The molecule has 0 bridgehead atoms. The van der Waals surface area contributed by atoms with Crippen molar-refractivity contribution in [3.63, 3.8) is 0 Å². The Morgan fingerprint density at radius 3 is 2.04 bits per heavy atom. The summed E-state index contributed by atoms with van der Waals surface area (Å²) in [5.41, 5.74) is 8.98. The summed E-state index contributed by atoms with van der Waals surface area (Å²) in [6, 6.07) is 29.3. The Hall–Kier alpha value is -3.86. The lowest BCUT2D eigenvalue weighted by atomic mass is 10.1. The van der Waals surface area contributed by atoms with E-state index in [1.807, 2.05) is 91.0 Å². The Morgan fingerprint density at radius 1 is 0.630 bits per heavy atom. The number of aromatic nitrogens is 2. The van der Waals surface area contributed by atoms with E-state index in [0.29, 0.717) is 5.82 Å². The van der Waals surface area contributed by atoms with Crippen molar-refractivity contribution in [2.45, 2.75) is 0 Å². The highest BCUT2D eigenvalue weighted by Crippen LogP contribution is 2.25. The molecule has 0 aliphatic carbocycles. The summed E-state index contributed by atoms with van der Waals surface area (Å²) >= 11 is 0. The molecule has 3 aromatic carbocycles. The SMILES string of the molecule is c1ccc(NNc2cc(-c3ccc(Oc4ccccc4)cc3)ncn2)cc1. The van der Waals surface area contributed by atoms with Crippen LogP contribution >= 0.6 is 0 Å². The van der Waals surface area contributed by atoms with Crippen molar-refractivity contribution in [3.05, 3.63) is 97.3 Å². The zero-order valence-electron chi connectivity index (χ0n) is 14.5. The minimum Gasteiger partial charge on any atom is -0.457 e. The lowest BCUT2D eigenvalue weighted by molar-refractivity contribution is 0.483. The van der Waals surface area contributed by atoms with Crippen molar-refractivity contribution in [2.24, 2.45) is 0 Å². The van der Waals surface area contributed by atoms with E-state index in [9.17, 15) is 0 Å². The van der Waals surface area contributed by atoms with Crippen LogP contribution in [-0.4, -0.2) is 9.97 Å². The molecule has 1 heterocycles. The fourth-order valence-corrected chi connectivity index (χ4v) is 2.56. The van der Waals surface area contributed by atoms with E-state index < -0.39 is 0 Å². The van der Waals surface area contributed by atoms with Crippen molar-refractivity contribution in [3.8, 4) is 22.8 Å². The van der Waals surface area contributed by atoms with Gasteiger partial charge in [0.15, 0.2) is 0 Å². The molecule has 0 atom stereocenters. The normalized spacial score (nSPS) is 10.2. The summed E-state index contributed by atoms with van der Waals surface area (Å²) in [6.07, 6.45) is 1.54. The second-order valence-electron chi connectivity index (χ2n) is 5.84. The first-order valence-electron chi connectivity index (χ1n) is 8.59. The predicted molar refractivity (Wildman–Crippen MR) is 108 cm³/mol. The average Bonchev–Trinajstić information content (AvgIpc) is 2.75. The molecule has 132 valence electrons. The molecule has 0 aliphatic rings. The first-order valence-corrected chi connectivity index (χ1v) is 8.59. The number of rotatable bonds is 6. The lowest BCUT2D eigenvalue weighted by Crippen LogP contribution is -2.10. The third kappa shape index (κ3) is 4.41. The van der Waals surface area contributed by atoms with Crippen LogP contribution in [0.4, 0.5) is 11.5 Å². The van der Waals surface area contributed by atoms with Gasteiger partial charge in [-0.05, 0) is 48.5 Å². The summed E-state index contributed by atoms with van der Waals surface area (Å²) in [5.74, 6) is 2.28. The maximum atomic E-state index is 5.83. The maximum Gasteiger partial charge on any atom is 0.148 e. The van der Waals surface area contributed by atoms with Gasteiger partial charge >= 0.3 is 0 Å². The first kappa shape index (κ1) is 16.6. The molecule has 4 rings (SSSR count). The molecule has 0 saturated heterocycles. The summed E-state index contributed by atoms with van der Waals surface area (Å²) in [5, 5.41) is 0. The highest BCUT2D eigenvalue weighted by Gasteiger charge is 2.03. The Bertz CT molecular complexity index is 989. The average molecular weight is 354 g/mol. The third-order valence-corrected chi connectivity index (χ3v) is 3.90. The topological polar surface area (TPSA) is 59.1 Å². The lowest BCUT2D eigenvalue weighted by Gasteiger charge is -2.10. The molecule has 27 heavy (non-hydrogen) atoms. The van der Waals surface area contributed by atoms with Crippen molar-refractivity contribution in [2.75, 3.05) is 10.9 Å². The third-order valence-electron chi connectivity index (χ3n) is 3.90. The van der Waals surface area contributed by atoms with Crippen LogP contribution in [0.25, 0.3) is 11.3 Å². The zero-order valence-corrected chi connectivity index (χ0v) is 14.5. The molecule has 0 fully saturated rings. The van der Waals surface area contributed by atoms with E-state index in [-0.39, 0.29) is 0 Å². The quantitative estimate of drug-likeness (QED) is 0.456. The minimum atomic E-state index is 0.688. The number of benzene rings is 3. The van der Waals surface area contributed by atoms with Gasteiger partial charge in [0, 0.05) is 11.6 Å². The van der Waals surface area contributed by atoms with Crippen molar-refractivity contribution in [1.29, 1.82) is 0 Å². The van der Waals surface area contributed by atoms with Crippen LogP contribution in [0.1, 0.15) is 0 Å². The number of nitrogens with one attached hydrogen (secondary N) is 2. The molecule has 5 heteroatoms. The molecule has 0 radical (unpaired) electrons. The van der Waals surface area contributed by atoms with E-state index in [2.05, 4.69) is 20.8 Å². The maximum absolute atomic E-state index is 5.83. The largest absolute Gasteiger partial charge is 0.457 e. The molecule has 0 spiro atoms. The summed E-state index contributed by atoms with van der Waals surface area (Å²) < 4.78 is 5.83. The van der Waals surface area contributed by atoms with Crippen LogP contribution in [0, 0.1) is 0 Å². The molecule has 0 saturated carbocycles. The number of nitrogens with zero attached hydrogens (tertiary/aromatic N) is 2. The highest BCUT2D eigenvalue weighted by atomic mass is 16.5. The van der Waals surface area contributed by atoms with Crippen molar-refractivity contribution >= 4 is 11.5 Å². The number of hydrogen-bond acceptors (Lipinski definition) is 5. The van der Waals surface area contributed by atoms with Crippen molar-refractivity contribution in [1.82, 2.24) is 9.97 Å². The van der Waals surface area contributed by atoms with Crippen LogP contribution in [0.15, 0.2) is 97.3 Å². The molecule has 5 nitrogen and oxygen atoms in total. The Labute approximate surface area is 157 Å².